The van der Waals surface area contributed by atoms with Gasteiger partial charge in [0.25, 0.3) is 0 Å². The van der Waals surface area contributed by atoms with Crippen LogP contribution in [0.25, 0.3) is 22.3 Å². The first-order valence-electron chi connectivity index (χ1n) is 21.2. The molecule has 1 spiro atoms. The Morgan fingerprint density at radius 3 is 1.44 bits per heavy atom. The lowest BCUT2D eigenvalue weighted by Crippen LogP contribution is -2.33. The zero-order valence-corrected chi connectivity index (χ0v) is 35.0. The molecule has 0 saturated carbocycles. The van der Waals surface area contributed by atoms with Crippen molar-refractivity contribution in [2.75, 3.05) is 0 Å². The first-order valence-corrected chi connectivity index (χ1v) is 21.2. The number of para-hydroxylation sites is 3. The molecule has 0 heterocycles. The van der Waals surface area contributed by atoms with E-state index in [0.717, 1.165) is 46.4 Å². The van der Waals surface area contributed by atoms with Gasteiger partial charge in [0, 0.05) is 18.4 Å². The average molecular weight is 797 g/mol. The van der Waals surface area contributed by atoms with Crippen LogP contribution < -0.4 is 18.9 Å². The van der Waals surface area contributed by atoms with Crippen molar-refractivity contribution in [3.63, 3.8) is 0 Å². The van der Waals surface area contributed by atoms with Gasteiger partial charge in [-0.1, -0.05) is 158 Å². The van der Waals surface area contributed by atoms with Crippen LogP contribution in [-0.2, 0) is 18.3 Å². The van der Waals surface area contributed by atoms with Gasteiger partial charge in [0.1, 0.15) is 29.1 Å². The molecule has 2 aliphatic carbocycles. The normalized spacial score (nSPS) is 14.8. The van der Waals surface area contributed by atoms with E-state index in [1.165, 1.54) is 50.1 Å². The highest BCUT2D eigenvalue weighted by atomic mass is 16.8. The minimum atomic E-state index is -1.09. The number of hydrogen-bond acceptors (Lipinski definition) is 4. The summed E-state index contributed by atoms with van der Waals surface area (Å²) in [6.45, 7) is 7.29. The van der Waals surface area contributed by atoms with E-state index in [4.69, 9.17) is 18.9 Å². The molecule has 0 aromatic heterocycles. The summed E-state index contributed by atoms with van der Waals surface area (Å²) in [6, 6.07) is 64.1. The van der Waals surface area contributed by atoms with Crippen molar-refractivity contribution in [2.45, 2.75) is 58.5 Å². The molecular weight excluding hydrogens is 749 g/mol. The fourth-order valence-electron chi connectivity index (χ4n) is 9.56. The highest BCUT2D eigenvalue weighted by Gasteiger charge is 2.53. The number of aryl methyl sites for hydroxylation is 4. The summed E-state index contributed by atoms with van der Waals surface area (Å²) in [4.78, 5) is 0. The highest BCUT2D eigenvalue weighted by Crippen LogP contribution is 2.64. The van der Waals surface area contributed by atoms with Crippen LogP contribution in [-0.4, -0.2) is 12.6 Å². The fraction of sp³-hybridized carbons (Fsp3) is 0.158. The van der Waals surface area contributed by atoms with Gasteiger partial charge >= 0.3 is 6.48 Å². The van der Waals surface area contributed by atoms with Crippen molar-refractivity contribution >= 4 is 0 Å². The smallest absolute Gasteiger partial charge is 0.406 e. The van der Waals surface area contributed by atoms with Crippen LogP contribution >= 0.6 is 0 Å². The summed E-state index contributed by atoms with van der Waals surface area (Å²) < 4.78 is 27.4. The Hall–Kier alpha value is -7.04. The van der Waals surface area contributed by atoms with Crippen molar-refractivity contribution in [3.05, 3.63) is 238 Å². The third-order valence-electron chi connectivity index (χ3n) is 12.5. The Kier molecular flexibility index (Phi) is 9.92. The summed E-state index contributed by atoms with van der Waals surface area (Å²) in [6.07, 6.45) is 1.42. The lowest BCUT2D eigenvalue weighted by atomic mass is 9.70. The number of ether oxygens (including phenoxy) is 4. The maximum atomic E-state index is 7.11. The molecule has 4 nitrogen and oxygen atoms in total. The first kappa shape index (κ1) is 38.2. The number of hydrogen-bond donors (Lipinski definition) is 0. The number of fused-ring (bicyclic) bond motifs is 10. The third-order valence-corrected chi connectivity index (χ3v) is 12.5. The average Bonchev–Trinajstić information content (AvgIpc) is 3.74. The molecular formula is C57H48O4. The summed E-state index contributed by atoms with van der Waals surface area (Å²) >= 11 is 0. The van der Waals surface area contributed by atoms with E-state index in [2.05, 4.69) is 147 Å². The lowest BCUT2D eigenvalue weighted by Gasteiger charge is -2.33. The molecule has 0 saturated heterocycles. The van der Waals surface area contributed by atoms with Gasteiger partial charge in [0.05, 0.1) is 5.41 Å². The summed E-state index contributed by atoms with van der Waals surface area (Å²) in [5.74, 6) is 3.01. The van der Waals surface area contributed by atoms with Gasteiger partial charge in [0.2, 0.25) is 0 Å². The van der Waals surface area contributed by atoms with Crippen LogP contribution in [0.3, 0.4) is 0 Å². The van der Waals surface area contributed by atoms with Crippen LogP contribution in [0.1, 0.15) is 55.6 Å². The Labute approximate surface area is 359 Å². The van der Waals surface area contributed by atoms with E-state index in [1.54, 1.807) is 0 Å². The van der Waals surface area contributed by atoms with Crippen LogP contribution in [0.2, 0.25) is 0 Å². The zero-order valence-electron chi connectivity index (χ0n) is 35.0. The van der Waals surface area contributed by atoms with Gasteiger partial charge in [-0.3, -0.25) is 0 Å². The molecule has 4 heteroatoms. The summed E-state index contributed by atoms with van der Waals surface area (Å²) in [7, 11) is 0. The van der Waals surface area contributed by atoms with Gasteiger partial charge < -0.3 is 18.9 Å². The number of benzene rings is 8. The topological polar surface area (TPSA) is 36.9 Å². The van der Waals surface area contributed by atoms with E-state index in [0.29, 0.717) is 17.2 Å². The quantitative estimate of drug-likeness (QED) is 0.115. The Morgan fingerprint density at radius 2 is 0.836 bits per heavy atom. The zero-order chi connectivity index (χ0) is 41.5. The lowest BCUT2D eigenvalue weighted by molar-refractivity contribution is -0.141. The van der Waals surface area contributed by atoms with Crippen molar-refractivity contribution in [2.24, 2.45) is 0 Å². The molecule has 61 heavy (non-hydrogen) atoms. The van der Waals surface area contributed by atoms with Gasteiger partial charge in [-0.25, -0.2) is 0 Å². The predicted octanol–water partition coefficient (Wildman–Crippen LogP) is 13.3. The van der Waals surface area contributed by atoms with Gasteiger partial charge in [0.15, 0.2) is 0 Å². The monoisotopic (exact) mass is 796 g/mol. The molecule has 8 aromatic rings. The largest absolute Gasteiger partial charge is 0.489 e. The molecule has 2 atom stereocenters. The Bertz CT molecular complexity index is 2800. The van der Waals surface area contributed by atoms with Crippen molar-refractivity contribution in [1.82, 2.24) is 0 Å². The van der Waals surface area contributed by atoms with Crippen LogP contribution in [0.4, 0.5) is 0 Å². The molecule has 0 amide bonds. The fourth-order valence-corrected chi connectivity index (χ4v) is 9.56. The molecule has 0 radical (unpaired) electrons. The van der Waals surface area contributed by atoms with Gasteiger partial charge in [-0.2, -0.15) is 0 Å². The van der Waals surface area contributed by atoms with Crippen LogP contribution in [0.5, 0.6) is 23.0 Å². The van der Waals surface area contributed by atoms with Crippen molar-refractivity contribution in [1.29, 1.82) is 0 Å². The number of rotatable bonds is 12. The molecule has 2 aliphatic rings. The molecule has 0 fully saturated rings. The molecule has 10 rings (SSSR count). The molecule has 0 bridgehead atoms. The second kappa shape index (κ2) is 15.9. The standard InChI is InChI=1S/C57H48O4/c1-37-18-5-9-22-42(37)36-43(58-51-28-14-6-19-38(51)2)34-41-32-33-46-44-23-10-12-26-48(44)57(50(46)35-41)49-27-13-11-24-45(49)47-25-17-31-54(55(47)57)61-56(59-52-29-15-7-20-39(52)3)60-53-30-16-8-21-40(53)4/h5-33,35,43,56H,34,36H2,1-4H3. The molecule has 8 aromatic carbocycles. The van der Waals surface area contributed by atoms with Crippen LogP contribution in [0.15, 0.2) is 182 Å². The van der Waals surface area contributed by atoms with Crippen LogP contribution in [0, 0.1) is 27.7 Å². The molecule has 2 unspecified atom stereocenters. The Morgan fingerprint density at radius 1 is 0.377 bits per heavy atom. The van der Waals surface area contributed by atoms with Gasteiger partial charge in [-0.15, -0.1) is 0 Å². The molecule has 0 N–H and O–H groups in total. The second-order valence-electron chi connectivity index (χ2n) is 16.4. The first-order chi connectivity index (χ1) is 29.9. The maximum absolute atomic E-state index is 7.11. The van der Waals surface area contributed by atoms with Crippen molar-refractivity contribution in [3.8, 4) is 45.3 Å². The van der Waals surface area contributed by atoms with E-state index < -0.39 is 11.9 Å². The SMILES string of the molecule is Cc1ccccc1CC(Cc1ccc2c(c1)C1(c3ccccc3-2)c2ccccc2-c2cccc(OC(Oc3ccccc3C)Oc3ccccc3C)c21)Oc1ccccc1C. The minimum absolute atomic E-state index is 0.0973. The van der Waals surface area contributed by atoms with Gasteiger partial charge in [-0.05, 0) is 124 Å². The second-order valence-corrected chi connectivity index (χ2v) is 16.4. The Balaban J connectivity index is 1.12. The third kappa shape index (κ3) is 6.82. The van der Waals surface area contributed by atoms with Crippen molar-refractivity contribution < 1.29 is 18.9 Å². The molecule has 300 valence electrons. The van der Waals surface area contributed by atoms with E-state index in [1.807, 2.05) is 62.4 Å². The summed E-state index contributed by atoms with van der Waals surface area (Å²) in [5.41, 5.74) is 15.7. The maximum Gasteiger partial charge on any atom is 0.406 e. The molecule has 0 aliphatic heterocycles. The minimum Gasteiger partial charge on any atom is -0.489 e. The van der Waals surface area contributed by atoms with E-state index in [9.17, 15) is 0 Å². The van der Waals surface area contributed by atoms with E-state index in [-0.39, 0.29) is 6.10 Å². The van der Waals surface area contributed by atoms with E-state index >= 15 is 0 Å². The highest BCUT2D eigenvalue weighted by molar-refractivity contribution is 5.96. The summed E-state index contributed by atoms with van der Waals surface area (Å²) in [5, 5.41) is 0. The predicted molar refractivity (Wildman–Crippen MR) is 245 cm³/mol.